The lowest BCUT2D eigenvalue weighted by molar-refractivity contribution is -0.116. The van der Waals surface area contributed by atoms with E-state index in [1.165, 1.54) is 13.2 Å². The highest BCUT2D eigenvalue weighted by Crippen LogP contribution is 2.17. The largest absolute Gasteiger partial charge is 0.453 e. The van der Waals surface area contributed by atoms with Crippen molar-refractivity contribution in [1.82, 2.24) is 5.32 Å². The molecule has 0 aliphatic rings. The summed E-state index contributed by atoms with van der Waals surface area (Å²) in [7, 11) is 1.30. The summed E-state index contributed by atoms with van der Waals surface area (Å²) in [5.41, 5.74) is 3.39. The lowest BCUT2D eigenvalue weighted by atomic mass is 10.1. The van der Waals surface area contributed by atoms with Crippen LogP contribution in [0.4, 0.5) is 10.5 Å². The molecule has 2 N–H and O–H groups in total. The average molecular weight is 359 g/mol. The molecule has 0 bridgehead atoms. The number of rotatable bonds is 5. The molecule has 130 valence electrons. The van der Waals surface area contributed by atoms with E-state index in [0.29, 0.717) is 17.3 Å². The third kappa shape index (κ3) is 5.97. The number of halogens is 1. The lowest BCUT2D eigenvalue weighted by Gasteiger charge is -2.06. The topological polar surface area (TPSA) is 67.4 Å². The second kappa shape index (κ2) is 8.89. The van der Waals surface area contributed by atoms with Gasteiger partial charge in [-0.25, -0.2) is 4.79 Å². The van der Waals surface area contributed by atoms with Gasteiger partial charge in [0.1, 0.15) is 0 Å². The van der Waals surface area contributed by atoms with Crippen LogP contribution < -0.4 is 10.6 Å². The minimum Gasteiger partial charge on any atom is -0.453 e. The molecule has 0 atom stereocenters. The van der Waals surface area contributed by atoms with E-state index in [-0.39, 0.29) is 5.91 Å². The highest BCUT2D eigenvalue weighted by Gasteiger charge is 2.01. The van der Waals surface area contributed by atoms with Crippen molar-refractivity contribution in [2.45, 2.75) is 13.5 Å². The molecule has 2 amide bonds. The fourth-order valence-corrected chi connectivity index (χ4v) is 2.20. The number of amides is 2. The summed E-state index contributed by atoms with van der Waals surface area (Å²) in [6.45, 7) is 2.31. The zero-order chi connectivity index (χ0) is 18.2. The molecule has 0 aliphatic carbocycles. The fraction of sp³-hybridized carbons (Fsp3) is 0.158. The Hall–Kier alpha value is -2.79. The van der Waals surface area contributed by atoms with Crippen molar-refractivity contribution in [3.63, 3.8) is 0 Å². The first-order valence-corrected chi connectivity index (χ1v) is 8.01. The number of benzene rings is 2. The zero-order valence-corrected chi connectivity index (χ0v) is 14.8. The van der Waals surface area contributed by atoms with Crippen LogP contribution in [0.2, 0.25) is 5.02 Å². The Labute approximate surface area is 151 Å². The van der Waals surface area contributed by atoms with E-state index in [9.17, 15) is 9.59 Å². The minimum atomic E-state index is -0.526. The zero-order valence-electron chi connectivity index (χ0n) is 14.0. The SMILES string of the molecule is COC(=O)Nc1ccc(CNC(=O)/C=C/c2ccc(C)c(Cl)c2)cc1. The number of nitrogens with one attached hydrogen (secondary N) is 2. The summed E-state index contributed by atoms with van der Waals surface area (Å²) in [6.07, 6.45) is 2.65. The van der Waals surface area contributed by atoms with E-state index in [0.717, 1.165) is 16.7 Å². The van der Waals surface area contributed by atoms with Crippen LogP contribution in [0.25, 0.3) is 6.08 Å². The highest BCUT2D eigenvalue weighted by atomic mass is 35.5. The van der Waals surface area contributed by atoms with E-state index in [1.54, 1.807) is 18.2 Å². The number of ether oxygens (including phenoxy) is 1. The molecular formula is C19H19ClN2O3. The monoisotopic (exact) mass is 358 g/mol. The van der Waals surface area contributed by atoms with Crippen LogP contribution in [0, 0.1) is 6.92 Å². The number of hydrogen-bond donors (Lipinski definition) is 2. The summed E-state index contributed by atoms with van der Waals surface area (Å²) in [5, 5.41) is 6.03. The molecule has 2 aromatic carbocycles. The molecule has 0 spiro atoms. The molecule has 0 radical (unpaired) electrons. The Morgan fingerprint density at radius 2 is 1.88 bits per heavy atom. The van der Waals surface area contributed by atoms with Crippen molar-refractivity contribution < 1.29 is 14.3 Å². The molecule has 0 aromatic heterocycles. The molecule has 0 aliphatic heterocycles. The minimum absolute atomic E-state index is 0.201. The van der Waals surface area contributed by atoms with E-state index >= 15 is 0 Å². The third-order valence-corrected chi connectivity index (χ3v) is 3.88. The van der Waals surface area contributed by atoms with Crippen LogP contribution in [0.1, 0.15) is 16.7 Å². The van der Waals surface area contributed by atoms with E-state index in [2.05, 4.69) is 15.4 Å². The van der Waals surface area contributed by atoms with E-state index < -0.39 is 6.09 Å². The van der Waals surface area contributed by atoms with Crippen molar-refractivity contribution >= 4 is 35.4 Å². The Morgan fingerprint density at radius 1 is 1.16 bits per heavy atom. The standard InChI is InChI=1S/C19H19ClN2O3/c1-13-3-4-14(11-17(13)20)7-10-18(23)21-12-15-5-8-16(9-6-15)22-19(24)25-2/h3-11H,12H2,1-2H3,(H,21,23)(H,22,24)/b10-7+. The van der Waals surface area contributed by atoms with Crippen LogP contribution in [0.3, 0.4) is 0 Å². The van der Waals surface area contributed by atoms with Crippen LogP contribution in [0.5, 0.6) is 0 Å². The summed E-state index contributed by atoms with van der Waals surface area (Å²) in [6, 6.07) is 12.7. The molecule has 2 aromatic rings. The van der Waals surface area contributed by atoms with Crippen molar-refractivity contribution in [3.05, 3.63) is 70.3 Å². The van der Waals surface area contributed by atoms with Crippen molar-refractivity contribution in [3.8, 4) is 0 Å². The second-order valence-corrected chi connectivity index (χ2v) is 5.78. The van der Waals surface area contributed by atoms with Gasteiger partial charge >= 0.3 is 6.09 Å². The normalized spacial score (nSPS) is 10.5. The lowest BCUT2D eigenvalue weighted by Crippen LogP contribution is -2.20. The predicted octanol–water partition coefficient (Wildman–Crippen LogP) is 4.16. The highest BCUT2D eigenvalue weighted by molar-refractivity contribution is 6.31. The molecule has 5 nitrogen and oxygen atoms in total. The van der Waals surface area contributed by atoms with Gasteiger partial charge in [-0.05, 0) is 47.9 Å². The molecule has 0 saturated heterocycles. The van der Waals surface area contributed by atoms with Crippen molar-refractivity contribution in [1.29, 1.82) is 0 Å². The van der Waals surface area contributed by atoms with Gasteiger partial charge in [0.15, 0.2) is 0 Å². The molecular weight excluding hydrogens is 340 g/mol. The Kier molecular flexibility index (Phi) is 6.60. The van der Waals surface area contributed by atoms with E-state index in [1.807, 2.05) is 37.3 Å². The average Bonchev–Trinajstić information content (AvgIpc) is 2.62. The summed E-state index contributed by atoms with van der Waals surface area (Å²) >= 11 is 6.06. The second-order valence-electron chi connectivity index (χ2n) is 5.37. The van der Waals surface area contributed by atoms with Crippen LogP contribution in [-0.2, 0) is 16.1 Å². The number of methoxy groups -OCH3 is 1. The number of anilines is 1. The smallest absolute Gasteiger partial charge is 0.411 e. The Balaban J connectivity index is 1.85. The van der Waals surface area contributed by atoms with Gasteiger partial charge in [-0.2, -0.15) is 0 Å². The maximum absolute atomic E-state index is 11.9. The molecule has 6 heteroatoms. The van der Waals surface area contributed by atoms with Gasteiger partial charge in [-0.1, -0.05) is 35.9 Å². The van der Waals surface area contributed by atoms with Crippen LogP contribution in [-0.4, -0.2) is 19.1 Å². The quantitative estimate of drug-likeness (QED) is 0.789. The van der Waals surface area contributed by atoms with Gasteiger partial charge < -0.3 is 10.1 Å². The first kappa shape index (κ1) is 18.5. The van der Waals surface area contributed by atoms with Gasteiger partial charge in [-0.15, -0.1) is 0 Å². The number of carbonyl (C=O) groups is 2. The van der Waals surface area contributed by atoms with Gasteiger partial charge in [0.2, 0.25) is 5.91 Å². The predicted molar refractivity (Wildman–Crippen MR) is 99.5 cm³/mol. The molecule has 0 heterocycles. The Bertz CT molecular complexity index is 786. The van der Waals surface area contributed by atoms with Crippen LogP contribution >= 0.6 is 11.6 Å². The maximum Gasteiger partial charge on any atom is 0.411 e. The Morgan fingerprint density at radius 3 is 2.52 bits per heavy atom. The van der Waals surface area contributed by atoms with E-state index in [4.69, 9.17) is 11.6 Å². The summed E-state index contributed by atoms with van der Waals surface area (Å²) in [5.74, 6) is -0.201. The fourth-order valence-electron chi connectivity index (χ4n) is 2.01. The number of hydrogen-bond acceptors (Lipinski definition) is 3. The summed E-state index contributed by atoms with van der Waals surface area (Å²) in [4.78, 5) is 23.0. The maximum atomic E-state index is 11.9. The molecule has 2 rings (SSSR count). The third-order valence-electron chi connectivity index (χ3n) is 3.48. The van der Waals surface area contributed by atoms with Gasteiger partial charge in [-0.3, -0.25) is 10.1 Å². The molecule has 0 unspecified atom stereocenters. The number of aryl methyl sites for hydroxylation is 1. The molecule has 25 heavy (non-hydrogen) atoms. The van der Waals surface area contributed by atoms with Gasteiger partial charge in [0, 0.05) is 23.3 Å². The summed E-state index contributed by atoms with van der Waals surface area (Å²) < 4.78 is 4.52. The first-order chi connectivity index (χ1) is 12.0. The first-order valence-electron chi connectivity index (χ1n) is 7.64. The number of carbonyl (C=O) groups excluding carboxylic acids is 2. The van der Waals surface area contributed by atoms with Crippen molar-refractivity contribution in [2.24, 2.45) is 0 Å². The van der Waals surface area contributed by atoms with Gasteiger partial charge in [0.25, 0.3) is 0 Å². The molecule has 0 saturated carbocycles. The molecule has 0 fully saturated rings. The van der Waals surface area contributed by atoms with Gasteiger partial charge in [0.05, 0.1) is 7.11 Å². The van der Waals surface area contributed by atoms with Crippen LogP contribution in [0.15, 0.2) is 48.5 Å². The van der Waals surface area contributed by atoms with Crippen molar-refractivity contribution in [2.75, 3.05) is 12.4 Å².